The van der Waals surface area contributed by atoms with E-state index in [4.69, 9.17) is 4.74 Å². The molecule has 2 aromatic rings. The summed E-state index contributed by atoms with van der Waals surface area (Å²) in [6.45, 7) is 7.16. The lowest BCUT2D eigenvalue weighted by atomic mass is 10.1. The Morgan fingerprint density at radius 2 is 1.78 bits per heavy atom. The average Bonchev–Trinajstić information content (AvgIpc) is 2.52. The summed E-state index contributed by atoms with van der Waals surface area (Å²) >= 11 is 0. The molecule has 4 heteroatoms. The molecule has 0 radical (unpaired) electrons. The molecule has 2 rings (SSSR count). The van der Waals surface area contributed by atoms with Crippen molar-refractivity contribution in [3.8, 4) is 5.75 Å². The van der Waals surface area contributed by atoms with Gasteiger partial charge in [-0.2, -0.15) is 0 Å². The van der Waals surface area contributed by atoms with Gasteiger partial charge in [0.05, 0.1) is 0 Å². The molecule has 120 valence electrons. The number of Topliss-reactive ketones (excluding diaryl/α,β-unsaturated/α-hetero) is 1. The van der Waals surface area contributed by atoms with Crippen LogP contribution in [0.25, 0.3) is 0 Å². The van der Waals surface area contributed by atoms with Gasteiger partial charge >= 0.3 is 0 Å². The van der Waals surface area contributed by atoms with E-state index in [9.17, 15) is 9.59 Å². The Balaban J connectivity index is 2.07. The molecule has 0 heterocycles. The molecule has 0 fully saturated rings. The van der Waals surface area contributed by atoms with Gasteiger partial charge in [0.25, 0.3) is 5.91 Å². The number of amides is 1. The van der Waals surface area contributed by atoms with Crippen LogP contribution >= 0.6 is 0 Å². The van der Waals surface area contributed by atoms with Gasteiger partial charge in [-0.1, -0.05) is 24.3 Å². The van der Waals surface area contributed by atoms with Crippen molar-refractivity contribution in [3.63, 3.8) is 0 Å². The zero-order valence-electron chi connectivity index (χ0n) is 13.8. The van der Waals surface area contributed by atoms with E-state index >= 15 is 0 Å². The molecule has 1 atom stereocenters. The van der Waals surface area contributed by atoms with Gasteiger partial charge in [-0.05, 0) is 57.0 Å². The fourth-order valence-electron chi connectivity index (χ4n) is 2.16. The van der Waals surface area contributed by atoms with E-state index in [1.54, 1.807) is 31.2 Å². The maximum Gasteiger partial charge on any atom is 0.265 e. The highest BCUT2D eigenvalue weighted by Gasteiger charge is 2.16. The number of nitrogens with one attached hydrogen (secondary N) is 1. The van der Waals surface area contributed by atoms with Crippen molar-refractivity contribution in [1.29, 1.82) is 0 Å². The molecule has 23 heavy (non-hydrogen) atoms. The first-order valence-electron chi connectivity index (χ1n) is 7.53. The Morgan fingerprint density at radius 1 is 1.09 bits per heavy atom. The number of benzene rings is 2. The number of anilines is 1. The van der Waals surface area contributed by atoms with Crippen LogP contribution in [0.1, 0.15) is 35.3 Å². The van der Waals surface area contributed by atoms with Crippen molar-refractivity contribution < 1.29 is 14.3 Å². The SMILES string of the molecule is CC(=O)c1cccc(NC(=O)[C@H](C)Oc2cccc(C)c2C)c1. The predicted molar refractivity (Wildman–Crippen MR) is 91.1 cm³/mol. The number of hydrogen-bond acceptors (Lipinski definition) is 3. The van der Waals surface area contributed by atoms with E-state index in [1.165, 1.54) is 6.92 Å². The first kappa shape index (κ1) is 16.7. The third kappa shape index (κ3) is 4.19. The van der Waals surface area contributed by atoms with E-state index < -0.39 is 6.10 Å². The van der Waals surface area contributed by atoms with E-state index in [0.29, 0.717) is 17.0 Å². The lowest BCUT2D eigenvalue weighted by molar-refractivity contribution is -0.122. The topological polar surface area (TPSA) is 55.4 Å². The zero-order valence-corrected chi connectivity index (χ0v) is 13.8. The van der Waals surface area contributed by atoms with E-state index in [0.717, 1.165) is 11.1 Å². The Bertz CT molecular complexity index is 737. The lowest BCUT2D eigenvalue weighted by Crippen LogP contribution is -2.30. The van der Waals surface area contributed by atoms with Crippen molar-refractivity contribution >= 4 is 17.4 Å². The van der Waals surface area contributed by atoms with E-state index in [2.05, 4.69) is 5.32 Å². The van der Waals surface area contributed by atoms with Crippen molar-refractivity contribution in [1.82, 2.24) is 0 Å². The van der Waals surface area contributed by atoms with Crippen molar-refractivity contribution in [2.24, 2.45) is 0 Å². The monoisotopic (exact) mass is 311 g/mol. The largest absolute Gasteiger partial charge is 0.481 e. The molecule has 0 saturated carbocycles. The van der Waals surface area contributed by atoms with Crippen LogP contribution in [0.4, 0.5) is 5.69 Å². The van der Waals surface area contributed by atoms with Crippen molar-refractivity contribution in [2.45, 2.75) is 33.8 Å². The quantitative estimate of drug-likeness (QED) is 0.852. The minimum atomic E-state index is -0.642. The predicted octanol–water partition coefficient (Wildman–Crippen LogP) is 3.91. The second kappa shape index (κ2) is 7.09. The number of carbonyl (C=O) groups excluding carboxylic acids is 2. The van der Waals surface area contributed by atoms with Crippen LogP contribution in [-0.2, 0) is 4.79 Å². The smallest absolute Gasteiger partial charge is 0.265 e. The molecule has 0 bridgehead atoms. The van der Waals surface area contributed by atoms with Crippen LogP contribution < -0.4 is 10.1 Å². The molecule has 0 aliphatic heterocycles. The minimum absolute atomic E-state index is 0.0409. The molecule has 0 saturated heterocycles. The zero-order chi connectivity index (χ0) is 17.0. The number of ketones is 1. The Hall–Kier alpha value is -2.62. The Kier molecular flexibility index (Phi) is 5.16. The van der Waals surface area contributed by atoms with Crippen LogP contribution in [-0.4, -0.2) is 17.8 Å². The number of hydrogen-bond donors (Lipinski definition) is 1. The van der Waals surface area contributed by atoms with Gasteiger partial charge in [-0.25, -0.2) is 0 Å². The number of rotatable bonds is 5. The Labute approximate surface area is 136 Å². The molecule has 1 amide bonds. The summed E-state index contributed by atoms with van der Waals surface area (Å²) in [5, 5.41) is 2.78. The second-order valence-corrected chi connectivity index (χ2v) is 5.58. The van der Waals surface area contributed by atoms with Crippen molar-refractivity contribution in [2.75, 3.05) is 5.32 Å². The molecule has 0 unspecified atom stereocenters. The summed E-state index contributed by atoms with van der Waals surface area (Å²) in [5.41, 5.74) is 3.28. The Morgan fingerprint density at radius 3 is 2.48 bits per heavy atom. The minimum Gasteiger partial charge on any atom is -0.481 e. The second-order valence-electron chi connectivity index (χ2n) is 5.58. The number of ether oxygens (including phenoxy) is 1. The van der Waals surface area contributed by atoms with Gasteiger partial charge in [0, 0.05) is 11.3 Å². The third-order valence-corrected chi connectivity index (χ3v) is 3.76. The van der Waals surface area contributed by atoms with E-state index in [1.807, 2.05) is 32.0 Å². The molecule has 0 spiro atoms. The number of aryl methyl sites for hydroxylation is 1. The normalized spacial score (nSPS) is 11.7. The first-order valence-corrected chi connectivity index (χ1v) is 7.53. The van der Waals surface area contributed by atoms with Gasteiger partial charge in [0.2, 0.25) is 0 Å². The molecule has 0 aliphatic carbocycles. The lowest BCUT2D eigenvalue weighted by Gasteiger charge is -2.17. The summed E-state index contributed by atoms with van der Waals surface area (Å²) in [4.78, 5) is 23.7. The van der Waals surface area contributed by atoms with Gasteiger partial charge in [0.15, 0.2) is 11.9 Å². The average molecular weight is 311 g/mol. The van der Waals surface area contributed by atoms with Gasteiger partial charge in [-0.3, -0.25) is 9.59 Å². The molecular weight excluding hydrogens is 290 g/mol. The van der Waals surface area contributed by atoms with Crippen LogP contribution in [0, 0.1) is 13.8 Å². The van der Waals surface area contributed by atoms with Crippen LogP contribution in [0.2, 0.25) is 0 Å². The summed E-state index contributed by atoms with van der Waals surface area (Å²) in [6, 6.07) is 12.6. The highest BCUT2D eigenvalue weighted by Crippen LogP contribution is 2.22. The molecule has 0 aromatic heterocycles. The maximum absolute atomic E-state index is 12.3. The van der Waals surface area contributed by atoms with Gasteiger partial charge in [0.1, 0.15) is 5.75 Å². The summed E-state index contributed by atoms with van der Waals surface area (Å²) in [6.07, 6.45) is -0.642. The fourth-order valence-corrected chi connectivity index (χ4v) is 2.16. The van der Waals surface area contributed by atoms with Crippen molar-refractivity contribution in [3.05, 3.63) is 59.2 Å². The maximum atomic E-state index is 12.3. The molecule has 0 aliphatic rings. The fraction of sp³-hybridized carbons (Fsp3) is 0.263. The molecule has 2 aromatic carbocycles. The molecule has 4 nitrogen and oxygen atoms in total. The van der Waals surface area contributed by atoms with Crippen LogP contribution in [0.5, 0.6) is 5.75 Å². The van der Waals surface area contributed by atoms with Crippen LogP contribution in [0.15, 0.2) is 42.5 Å². The summed E-state index contributed by atoms with van der Waals surface area (Å²) in [5.74, 6) is 0.400. The standard InChI is InChI=1S/C19H21NO3/c1-12-7-5-10-18(13(12)2)23-15(4)19(22)20-17-9-6-8-16(11-17)14(3)21/h5-11,15H,1-4H3,(H,20,22)/t15-/m0/s1. The summed E-state index contributed by atoms with van der Waals surface area (Å²) < 4.78 is 5.76. The first-order chi connectivity index (χ1) is 10.9. The van der Waals surface area contributed by atoms with Crippen LogP contribution in [0.3, 0.4) is 0 Å². The highest BCUT2D eigenvalue weighted by atomic mass is 16.5. The van der Waals surface area contributed by atoms with Gasteiger partial charge in [-0.15, -0.1) is 0 Å². The number of carbonyl (C=O) groups is 2. The van der Waals surface area contributed by atoms with E-state index in [-0.39, 0.29) is 11.7 Å². The molecule has 1 N–H and O–H groups in total. The third-order valence-electron chi connectivity index (χ3n) is 3.76. The highest BCUT2D eigenvalue weighted by molar-refractivity contribution is 5.98. The van der Waals surface area contributed by atoms with Gasteiger partial charge < -0.3 is 10.1 Å². The summed E-state index contributed by atoms with van der Waals surface area (Å²) in [7, 11) is 0. The molecular formula is C19H21NO3.